The Labute approximate surface area is 122 Å². The fourth-order valence-electron chi connectivity index (χ4n) is 2.10. The van der Waals surface area contributed by atoms with Gasteiger partial charge in [-0.15, -0.1) is 0 Å². The molecular formula is C15H14ClN3O. The van der Waals surface area contributed by atoms with Crippen molar-refractivity contribution in [2.45, 2.75) is 25.4 Å². The van der Waals surface area contributed by atoms with E-state index < -0.39 is 0 Å². The summed E-state index contributed by atoms with van der Waals surface area (Å²) in [5, 5.41) is 0.294. The number of aromatic nitrogens is 2. The van der Waals surface area contributed by atoms with E-state index >= 15 is 0 Å². The minimum absolute atomic E-state index is 0.0829. The molecule has 3 rings (SSSR count). The van der Waals surface area contributed by atoms with Crippen LogP contribution in [-0.4, -0.2) is 26.8 Å². The van der Waals surface area contributed by atoms with Crippen molar-refractivity contribution in [1.29, 1.82) is 0 Å². The summed E-state index contributed by atoms with van der Waals surface area (Å²) in [6.45, 7) is 0.606. The van der Waals surface area contributed by atoms with Gasteiger partial charge in [0.05, 0.1) is 12.4 Å². The number of halogens is 1. The molecule has 1 saturated carbocycles. The molecule has 0 radical (unpaired) electrons. The lowest BCUT2D eigenvalue weighted by atomic mass is 10.2. The van der Waals surface area contributed by atoms with Crippen LogP contribution in [-0.2, 0) is 6.54 Å². The maximum atomic E-state index is 12.5. The summed E-state index contributed by atoms with van der Waals surface area (Å²) in [4.78, 5) is 22.4. The molecule has 1 aliphatic carbocycles. The summed E-state index contributed by atoms with van der Waals surface area (Å²) < 4.78 is 0. The Kier molecular flexibility index (Phi) is 3.65. The van der Waals surface area contributed by atoms with Crippen LogP contribution in [0.2, 0.25) is 5.15 Å². The predicted molar refractivity (Wildman–Crippen MR) is 76.4 cm³/mol. The lowest BCUT2D eigenvalue weighted by Gasteiger charge is -2.22. The zero-order valence-corrected chi connectivity index (χ0v) is 11.6. The lowest BCUT2D eigenvalue weighted by Crippen LogP contribution is -2.33. The van der Waals surface area contributed by atoms with Crippen molar-refractivity contribution >= 4 is 17.5 Å². The highest BCUT2D eigenvalue weighted by Gasteiger charge is 2.33. The maximum absolute atomic E-state index is 12.5. The van der Waals surface area contributed by atoms with Crippen LogP contribution in [0, 0.1) is 0 Å². The van der Waals surface area contributed by atoms with Gasteiger partial charge >= 0.3 is 0 Å². The number of rotatable bonds is 4. The lowest BCUT2D eigenvalue weighted by molar-refractivity contribution is 0.0723. The largest absolute Gasteiger partial charge is 0.330 e. The molecule has 1 amide bonds. The quantitative estimate of drug-likeness (QED) is 0.868. The fourth-order valence-corrected chi connectivity index (χ4v) is 2.20. The maximum Gasteiger partial charge on any atom is 0.274 e. The predicted octanol–water partition coefficient (Wildman–Crippen LogP) is 2.93. The van der Waals surface area contributed by atoms with Crippen LogP contribution >= 0.6 is 11.6 Å². The SMILES string of the molecule is O=C(c1cnc(Cl)cn1)N(Cc1ccccc1)C1CC1. The summed E-state index contributed by atoms with van der Waals surface area (Å²) in [6, 6.07) is 10.3. The first-order valence-corrected chi connectivity index (χ1v) is 6.94. The van der Waals surface area contributed by atoms with Crippen LogP contribution in [0.1, 0.15) is 28.9 Å². The molecule has 0 atom stereocenters. The zero-order valence-electron chi connectivity index (χ0n) is 10.9. The van der Waals surface area contributed by atoms with Crippen LogP contribution in [0.25, 0.3) is 0 Å². The van der Waals surface area contributed by atoms with Crippen LogP contribution in [0.5, 0.6) is 0 Å². The molecule has 1 heterocycles. The number of carbonyl (C=O) groups excluding carboxylic acids is 1. The fraction of sp³-hybridized carbons (Fsp3) is 0.267. The average molecular weight is 288 g/mol. The van der Waals surface area contributed by atoms with Gasteiger partial charge < -0.3 is 4.90 Å². The van der Waals surface area contributed by atoms with E-state index in [0.717, 1.165) is 18.4 Å². The first-order chi connectivity index (χ1) is 9.74. The molecule has 0 spiro atoms. The summed E-state index contributed by atoms with van der Waals surface area (Å²) >= 11 is 5.70. The van der Waals surface area contributed by atoms with Crippen molar-refractivity contribution < 1.29 is 4.79 Å². The molecule has 0 aliphatic heterocycles. The van der Waals surface area contributed by atoms with Crippen molar-refractivity contribution in [2.24, 2.45) is 0 Å². The van der Waals surface area contributed by atoms with Gasteiger partial charge in [-0.3, -0.25) is 4.79 Å². The van der Waals surface area contributed by atoms with E-state index in [-0.39, 0.29) is 5.91 Å². The molecule has 0 unspecified atom stereocenters. The van der Waals surface area contributed by atoms with Crippen molar-refractivity contribution in [3.8, 4) is 0 Å². The van der Waals surface area contributed by atoms with Gasteiger partial charge in [-0.05, 0) is 18.4 Å². The van der Waals surface area contributed by atoms with Crippen molar-refractivity contribution in [3.63, 3.8) is 0 Å². The number of hydrogen-bond donors (Lipinski definition) is 0. The molecule has 20 heavy (non-hydrogen) atoms. The van der Waals surface area contributed by atoms with E-state index in [2.05, 4.69) is 9.97 Å². The van der Waals surface area contributed by atoms with Gasteiger partial charge in [0, 0.05) is 12.6 Å². The molecule has 0 N–H and O–H groups in total. The molecular weight excluding hydrogens is 274 g/mol. The Morgan fingerprint density at radius 2 is 1.95 bits per heavy atom. The van der Waals surface area contributed by atoms with Crippen LogP contribution in [0.15, 0.2) is 42.7 Å². The van der Waals surface area contributed by atoms with E-state index in [9.17, 15) is 4.79 Å². The first kappa shape index (κ1) is 13.1. The number of benzene rings is 1. The molecule has 1 fully saturated rings. The monoisotopic (exact) mass is 287 g/mol. The Balaban J connectivity index is 1.80. The van der Waals surface area contributed by atoms with Gasteiger partial charge in [-0.25, -0.2) is 9.97 Å². The second-order valence-corrected chi connectivity index (χ2v) is 5.26. The van der Waals surface area contributed by atoms with Gasteiger partial charge in [-0.2, -0.15) is 0 Å². The zero-order chi connectivity index (χ0) is 13.9. The topological polar surface area (TPSA) is 46.1 Å². The third kappa shape index (κ3) is 2.96. The third-order valence-electron chi connectivity index (χ3n) is 3.28. The van der Waals surface area contributed by atoms with Crippen molar-refractivity contribution in [3.05, 3.63) is 59.1 Å². The van der Waals surface area contributed by atoms with Crippen molar-refractivity contribution in [2.75, 3.05) is 0 Å². The van der Waals surface area contributed by atoms with E-state index in [1.807, 2.05) is 35.2 Å². The molecule has 5 heteroatoms. The number of carbonyl (C=O) groups is 1. The summed E-state index contributed by atoms with van der Waals surface area (Å²) in [5.74, 6) is -0.0829. The molecule has 102 valence electrons. The Bertz CT molecular complexity index is 596. The molecule has 1 aliphatic rings. The van der Waals surface area contributed by atoms with Gasteiger partial charge in [0.1, 0.15) is 10.8 Å². The normalized spacial score (nSPS) is 14.1. The van der Waals surface area contributed by atoms with E-state index in [1.165, 1.54) is 12.4 Å². The van der Waals surface area contributed by atoms with Gasteiger partial charge in [0.2, 0.25) is 0 Å². The third-order valence-corrected chi connectivity index (χ3v) is 3.48. The minimum Gasteiger partial charge on any atom is -0.330 e. The van der Waals surface area contributed by atoms with E-state index in [0.29, 0.717) is 23.4 Å². The summed E-state index contributed by atoms with van der Waals surface area (Å²) in [7, 11) is 0. The van der Waals surface area contributed by atoms with Crippen LogP contribution < -0.4 is 0 Å². The van der Waals surface area contributed by atoms with Crippen LogP contribution in [0.3, 0.4) is 0 Å². The standard InChI is InChI=1S/C15H14ClN3O/c16-14-9-17-13(8-18-14)15(20)19(12-6-7-12)10-11-4-2-1-3-5-11/h1-5,8-9,12H,6-7,10H2. The average Bonchev–Trinajstić information content (AvgIpc) is 3.30. The highest BCUT2D eigenvalue weighted by atomic mass is 35.5. The van der Waals surface area contributed by atoms with Gasteiger partial charge in [-0.1, -0.05) is 41.9 Å². The molecule has 1 aromatic carbocycles. The molecule has 4 nitrogen and oxygen atoms in total. The first-order valence-electron chi connectivity index (χ1n) is 6.56. The second kappa shape index (κ2) is 5.59. The number of nitrogens with zero attached hydrogens (tertiary/aromatic N) is 3. The summed E-state index contributed by atoms with van der Waals surface area (Å²) in [5.41, 5.74) is 1.46. The second-order valence-electron chi connectivity index (χ2n) is 4.87. The Hall–Kier alpha value is -1.94. The van der Waals surface area contributed by atoms with Crippen molar-refractivity contribution in [1.82, 2.24) is 14.9 Å². The number of amides is 1. The van der Waals surface area contributed by atoms with Gasteiger partial charge in [0.15, 0.2) is 0 Å². The highest BCUT2D eigenvalue weighted by Crippen LogP contribution is 2.29. The number of hydrogen-bond acceptors (Lipinski definition) is 3. The smallest absolute Gasteiger partial charge is 0.274 e. The minimum atomic E-state index is -0.0829. The van der Waals surface area contributed by atoms with Gasteiger partial charge in [0.25, 0.3) is 5.91 Å². The Morgan fingerprint density at radius 3 is 2.55 bits per heavy atom. The highest BCUT2D eigenvalue weighted by molar-refractivity contribution is 6.29. The molecule has 0 bridgehead atoms. The molecule has 2 aromatic rings. The summed E-state index contributed by atoms with van der Waals surface area (Å²) in [6.07, 6.45) is 4.95. The molecule has 1 aromatic heterocycles. The van der Waals surface area contributed by atoms with E-state index in [1.54, 1.807) is 0 Å². The van der Waals surface area contributed by atoms with Crippen LogP contribution in [0.4, 0.5) is 0 Å². The molecule has 0 saturated heterocycles. The van der Waals surface area contributed by atoms with E-state index in [4.69, 9.17) is 11.6 Å². The Morgan fingerprint density at radius 1 is 1.20 bits per heavy atom.